The maximum Gasteiger partial charge on any atom is 0.0535 e. The molecule has 1 unspecified atom stereocenters. The summed E-state index contributed by atoms with van der Waals surface area (Å²) in [7, 11) is 0. The summed E-state index contributed by atoms with van der Waals surface area (Å²) in [6.45, 7) is 2.12. The quantitative estimate of drug-likeness (QED) is 0.661. The highest BCUT2D eigenvalue weighted by Gasteiger charge is 2.03. The van der Waals surface area contributed by atoms with Gasteiger partial charge in [-0.25, -0.2) is 0 Å². The molecule has 0 bridgehead atoms. The lowest BCUT2D eigenvalue weighted by Crippen LogP contribution is -2.08. The first-order chi connectivity index (χ1) is 4.84. The fraction of sp³-hybridized carbons (Fsp3) is 0.571. The van der Waals surface area contributed by atoms with Crippen molar-refractivity contribution in [2.24, 2.45) is 5.73 Å². The highest BCUT2D eigenvalue weighted by molar-refractivity contribution is 5.07. The summed E-state index contributed by atoms with van der Waals surface area (Å²) in [6.07, 6.45) is 5.77. The summed E-state index contributed by atoms with van der Waals surface area (Å²) in [5.41, 5.74) is 6.89. The summed E-state index contributed by atoms with van der Waals surface area (Å²) in [5, 5.41) is 6.56. The minimum Gasteiger partial charge on any atom is -0.324 e. The van der Waals surface area contributed by atoms with Crippen molar-refractivity contribution in [2.75, 3.05) is 0 Å². The number of hydrogen-bond donors (Lipinski definition) is 2. The van der Waals surface area contributed by atoms with E-state index < -0.39 is 0 Å². The van der Waals surface area contributed by atoms with Crippen LogP contribution in [0.3, 0.4) is 0 Å². The van der Waals surface area contributed by atoms with Gasteiger partial charge >= 0.3 is 0 Å². The zero-order chi connectivity index (χ0) is 7.40. The molecule has 0 radical (unpaired) electrons. The van der Waals surface area contributed by atoms with Crippen molar-refractivity contribution in [3.8, 4) is 0 Å². The van der Waals surface area contributed by atoms with Gasteiger partial charge in [-0.2, -0.15) is 5.10 Å². The third-order valence-corrected chi connectivity index (χ3v) is 1.55. The van der Waals surface area contributed by atoms with Gasteiger partial charge in [-0.1, -0.05) is 13.3 Å². The van der Waals surface area contributed by atoms with E-state index in [1.807, 2.05) is 6.20 Å². The van der Waals surface area contributed by atoms with Gasteiger partial charge in [-0.05, 0) is 6.42 Å². The Morgan fingerprint density at radius 1 is 1.80 bits per heavy atom. The van der Waals surface area contributed by atoms with Crippen molar-refractivity contribution in [1.29, 1.82) is 0 Å². The van der Waals surface area contributed by atoms with E-state index in [2.05, 4.69) is 17.1 Å². The maximum absolute atomic E-state index is 5.79. The lowest BCUT2D eigenvalue weighted by atomic mass is 10.1. The van der Waals surface area contributed by atoms with E-state index >= 15 is 0 Å². The molecule has 1 aromatic rings. The monoisotopic (exact) mass is 139 g/mol. The Morgan fingerprint density at radius 2 is 2.60 bits per heavy atom. The molecule has 0 aliphatic heterocycles. The molecule has 0 fully saturated rings. The van der Waals surface area contributed by atoms with Crippen LogP contribution in [0.5, 0.6) is 0 Å². The predicted molar refractivity (Wildman–Crippen MR) is 40.4 cm³/mol. The number of nitrogens with two attached hydrogens (primary N) is 1. The molecule has 1 atom stereocenters. The average Bonchev–Trinajstić information content (AvgIpc) is 2.38. The third kappa shape index (κ3) is 1.57. The van der Waals surface area contributed by atoms with Crippen molar-refractivity contribution in [1.82, 2.24) is 10.2 Å². The molecule has 1 heterocycles. The average molecular weight is 139 g/mol. The van der Waals surface area contributed by atoms with E-state index in [1.54, 1.807) is 6.20 Å². The summed E-state index contributed by atoms with van der Waals surface area (Å²) in [6, 6.07) is 0.156. The standard InChI is InChI=1S/C7H13N3/c1-2-3-7(8)6-4-9-10-5-6/h4-5,7H,2-3,8H2,1H3,(H,9,10). The zero-order valence-corrected chi connectivity index (χ0v) is 6.17. The minimum absolute atomic E-state index is 0.156. The number of rotatable bonds is 3. The largest absolute Gasteiger partial charge is 0.324 e. The zero-order valence-electron chi connectivity index (χ0n) is 6.17. The van der Waals surface area contributed by atoms with Crippen LogP contribution >= 0.6 is 0 Å². The molecule has 56 valence electrons. The van der Waals surface area contributed by atoms with Gasteiger partial charge in [-0.3, -0.25) is 5.10 Å². The molecule has 0 aliphatic rings. The summed E-state index contributed by atoms with van der Waals surface area (Å²) >= 11 is 0. The maximum atomic E-state index is 5.79. The van der Waals surface area contributed by atoms with Crippen LogP contribution in [0.1, 0.15) is 31.4 Å². The number of H-pyrrole nitrogens is 1. The van der Waals surface area contributed by atoms with Crippen LogP contribution in [0, 0.1) is 0 Å². The summed E-state index contributed by atoms with van der Waals surface area (Å²) in [5.74, 6) is 0. The van der Waals surface area contributed by atoms with Crippen molar-refractivity contribution in [3.05, 3.63) is 18.0 Å². The Bertz CT molecular complexity index is 169. The van der Waals surface area contributed by atoms with Gasteiger partial charge in [0.25, 0.3) is 0 Å². The van der Waals surface area contributed by atoms with Crippen LogP contribution < -0.4 is 5.73 Å². The Labute approximate surface area is 60.6 Å². The molecule has 3 nitrogen and oxygen atoms in total. The molecule has 10 heavy (non-hydrogen) atoms. The third-order valence-electron chi connectivity index (χ3n) is 1.55. The first-order valence-corrected chi connectivity index (χ1v) is 3.59. The number of hydrogen-bond acceptors (Lipinski definition) is 2. The highest BCUT2D eigenvalue weighted by Crippen LogP contribution is 2.12. The van der Waals surface area contributed by atoms with Gasteiger partial charge in [0.05, 0.1) is 6.20 Å². The van der Waals surface area contributed by atoms with Gasteiger partial charge in [0.2, 0.25) is 0 Å². The second-order valence-corrected chi connectivity index (χ2v) is 2.43. The molecule has 1 aromatic heterocycles. The topological polar surface area (TPSA) is 54.7 Å². The molecule has 1 rings (SSSR count). The van der Waals surface area contributed by atoms with E-state index in [9.17, 15) is 0 Å². The first kappa shape index (κ1) is 7.28. The van der Waals surface area contributed by atoms with E-state index in [0.29, 0.717) is 0 Å². The van der Waals surface area contributed by atoms with Crippen molar-refractivity contribution >= 4 is 0 Å². The molecule has 0 saturated carbocycles. The number of nitrogens with zero attached hydrogens (tertiary/aromatic N) is 1. The summed E-state index contributed by atoms with van der Waals surface area (Å²) in [4.78, 5) is 0. The van der Waals surface area contributed by atoms with Crippen LogP contribution in [0.2, 0.25) is 0 Å². The SMILES string of the molecule is CCCC(N)c1cn[nH]c1. The molecule has 0 amide bonds. The first-order valence-electron chi connectivity index (χ1n) is 3.59. The molecule has 3 N–H and O–H groups in total. The van der Waals surface area contributed by atoms with Gasteiger partial charge < -0.3 is 5.73 Å². The molecular weight excluding hydrogens is 126 g/mol. The Kier molecular flexibility index (Phi) is 2.45. The van der Waals surface area contributed by atoms with Crippen LogP contribution in [-0.4, -0.2) is 10.2 Å². The van der Waals surface area contributed by atoms with Crippen LogP contribution in [0.15, 0.2) is 12.4 Å². The molecular formula is C7H13N3. The number of nitrogens with one attached hydrogen (secondary N) is 1. The normalized spacial score (nSPS) is 13.4. The van der Waals surface area contributed by atoms with Crippen LogP contribution in [0.4, 0.5) is 0 Å². The smallest absolute Gasteiger partial charge is 0.0535 e. The fourth-order valence-corrected chi connectivity index (χ4v) is 0.941. The predicted octanol–water partition coefficient (Wildman–Crippen LogP) is 1.21. The molecule has 3 heteroatoms. The van der Waals surface area contributed by atoms with E-state index in [0.717, 1.165) is 18.4 Å². The fourth-order valence-electron chi connectivity index (χ4n) is 0.941. The van der Waals surface area contributed by atoms with E-state index in [4.69, 9.17) is 5.73 Å². The van der Waals surface area contributed by atoms with Gasteiger partial charge in [0, 0.05) is 17.8 Å². The van der Waals surface area contributed by atoms with Crippen molar-refractivity contribution in [2.45, 2.75) is 25.8 Å². The van der Waals surface area contributed by atoms with Crippen LogP contribution in [-0.2, 0) is 0 Å². The Hall–Kier alpha value is -0.830. The van der Waals surface area contributed by atoms with Crippen molar-refractivity contribution in [3.63, 3.8) is 0 Å². The van der Waals surface area contributed by atoms with E-state index in [1.165, 1.54) is 0 Å². The Balaban J connectivity index is 2.50. The molecule has 0 aromatic carbocycles. The van der Waals surface area contributed by atoms with E-state index in [-0.39, 0.29) is 6.04 Å². The second kappa shape index (κ2) is 3.37. The minimum atomic E-state index is 0.156. The van der Waals surface area contributed by atoms with Gasteiger partial charge in [0.15, 0.2) is 0 Å². The molecule has 0 spiro atoms. The van der Waals surface area contributed by atoms with Crippen LogP contribution in [0.25, 0.3) is 0 Å². The second-order valence-electron chi connectivity index (χ2n) is 2.43. The lowest BCUT2D eigenvalue weighted by molar-refractivity contribution is 0.639. The van der Waals surface area contributed by atoms with Crippen molar-refractivity contribution < 1.29 is 0 Å². The number of aromatic amines is 1. The Morgan fingerprint density at radius 3 is 3.10 bits per heavy atom. The van der Waals surface area contributed by atoms with Gasteiger partial charge in [-0.15, -0.1) is 0 Å². The molecule has 0 aliphatic carbocycles. The molecule has 0 saturated heterocycles. The summed E-state index contributed by atoms with van der Waals surface area (Å²) < 4.78 is 0. The lowest BCUT2D eigenvalue weighted by Gasteiger charge is -2.05. The number of aromatic nitrogens is 2. The highest BCUT2D eigenvalue weighted by atomic mass is 15.1. The van der Waals surface area contributed by atoms with Gasteiger partial charge in [0.1, 0.15) is 0 Å².